The lowest BCUT2D eigenvalue weighted by Gasteiger charge is -2.30. The summed E-state index contributed by atoms with van der Waals surface area (Å²) in [5, 5.41) is 0. The highest BCUT2D eigenvalue weighted by Gasteiger charge is 2.24. The highest BCUT2D eigenvalue weighted by atomic mass is 79.9. The maximum absolute atomic E-state index is 14.0. The van der Waals surface area contributed by atoms with Gasteiger partial charge in [0.05, 0.1) is 16.2 Å². The van der Waals surface area contributed by atoms with Gasteiger partial charge in [0.2, 0.25) is 0 Å². The minimum Gasteiger partial charge on any atom is -0.451 e. The number of halogens is 3. The Balaban J connectivity index is 2.40. The Morgan fingerprint density at radius 2 is 2.05 bits per heavy atom. The second-order valence-electron chi connectivity index (χ2n) is 4.26. The zero-order valence-electron chi connectivity index (χ0n) is 10.9. The standard InChI is InChI=1S/C14H15Br2FN2O/c1-2-19(11-6-4-3-5-10(11)17)12(8-18)13-7-9(15)14(16)20-13/h3-7,12H,2,8,18H2,1H3. The topological polar surface area (TPSA) is 42.4 Å². The molecule has 3 nitrogen and oxygen atoms in total. The molecule has 0 bridgehead atoms. The van der Waals surface area contributed by atoms with E-state index in [1.54, 1.807) is 12.1 Å². The molecule has 1 heterocycles. The lowest BCUT2D eigenvalue weighted by molar-refractivity contribution is 0.435. The van der Waals surface area contributed by atoms with Crippen LogP contribution in [-0.2, 0) is 0 Å². The molecule has 0 aliphatic heterocycles. The summed E-state index contributed by atoms with van der Waals surface area (Å²) in [7, 11) is 0. The second-order valence-corrected chi connectivity index (χ2v) is 5.83. The predicted octanol–water partition coefficient (Wildman–Crippen LogP) is 4.47. The first kappa shape index (κ1) is 15.5. The predicted molar refractivity (Wildman–Crippen MR) is 85.3 cm³/mol. The smallest absolute Gasteiger partial charge is 0.183 e. The molecule has 1 aromatic heterocycles. The van der Waals surface area contributed by atoms with Crippen molar-refractivity contribution < 1.29 is 8.81 Å². The van der Waals surface area contributed by atoms with E-state index in [1.807, 2.05) is 24.0 Å². The fourth-order valence-corrected chi connectivity index (χ4v) is 2.78. The zero-order valence-corrected chi connectivity index (χ0v) is 14.1. The molecule has 2 aromatic rings. The van der Waals surface area contributed by atoms with Crippen molar-refractivity contribution in [3.8, 4) is 0 Å². The molecule has 0 radical (unpaired) electrons. The number of hydrogen-bond acceptors (Lipinski definition) is 3. The van der Waals surface area contributed by atoms with Gasteiger partial charge < -0.3 is 15.1 Å². The van der Waals surface area contributed by atoms with Gasteiger partial charge >= 0.3 is 0 Å². The fraction of sp³-hybridized carbons (Fsp3) is 0.286. The number of benzene rings is 1. The molecule has 1 atom stereocenters. The van der Waals surface area contributed by atoms with Crippen LogP contribution in [0.3, 0.4) is 0 Å². The number of anilines is 1. The molecule has 1 aromatic carbocycles. The number of nitrogens with zero attached hydrogens (tertiary/aromatic N) is 1. The van der Waals surface area contributed by atoms with Gasteiger partial charge in [0.1, 0.15) is 11.6 Å². The van der Waals surface area contributed by atoms with E-state index in [-0.39, 0.29) is 11.9 Å². The highest BCUT2D eigenvalue weighted by Crippen LogP contribution is 2.34. The van der Waals surface area contributed by atoms with E-state index in [1.165, 1.54) is 6.07 Å². The van der Waals surface area contributed by atoms with Crippen LogP contribution in [0.1, 0.15) is 18.7 Å². The lowest BCUT2D eigenvalue weighted by atomic mass is 10.1. The minimum atomic E-state index is -0.266. The van der Waals surface area contributed by atoms with Crippen molar-refractivity contribution in [3.63, 3.8) is 0 Å². The minimum absolute atomic E-state index is 0.223. The molecule has 2 rings (SSSR count). The van der Waals surface area contributed by atoms with E-state index < -0.39 is 0 Å². The molecule has 0 saturated carbocycles. The summed E-state index contributed by atoms with van der Waals surface area (Å²) in [5.74, 6) is 0.425. The Bertz CT molecular complexity index is 569. The van der Waals surface area contributed by atoms with Crippen molar-refractivity contribution in [3.05, 3.63) is 51.1 Å². The van der Waals surface area contributed by atoms with Gasteiger partial charge in [-0.1, -0.05) is 12.1 Å². The number of rotatable bonds is 5. The summed E-state index contributed by atoms with van der Waals surface area (Å²) in [6.07, 6.45) is 0. The molecule has 0 spiro atoms. The molecule has 0 aliphatic rings. The fourth-order valence-electron chi connectivity index (χ4n) is 2.17. The van der Waals surface area contributed by atoms with E-state index in [0.29, 0.717) is 29.2 Å². The molecule has 108 valence electrons. The first-order valence-corrected chi connectivity index (χ1v) is 7.83. The quantitative estimate of drug-likeness (QED) is 0.797. The van der Waals surface area contributed by atoms with Crippen molar-refractivity contribution in [1.29, 1.82) is 0 Å². The number of para-hydroxylation sites is 1. The van der Waals surface area contributed by atoms with Gasteiger partial charge in [0.25, 0.3) is 0 Å². The summed E-state index contributed by atoms with van der Waals surface area (Å²) in [6.45, 7) is 2.91. The van der Waals surface area contributed by atoms with Gasteiger partial charge in [0, 0.05) is 13.1 Å². The zero-order chi connectivity index (χ0) is 14.7. The summed E-state index contributed by atoms with van der Waals surface area (Å²) >= 11 is 6.69. The van der Waals surface area contributed by atoms with Gasteiger partial charge in [-0.15, -0.1) is 0 Å². The van der Waals surface area contributed by atoms with Crippen LogP contribution in [0.15, 0.2) is 43.9 Å². The van der Waals surface area contributed by atoms with E-state index in [2.05, 4.69) is 31.9 Å². The normalized spacial score (nSPS) is 12.4. The molecule has 0 amide bonds. The third-order valence-corrected chi connectivity index (χ3v) is 4.80. The van der Waals surface area contributed by atoms with Crippen molar-refractivity contribution in [2.45, 2.75) is 13.0 Å². The molecular formula is C14H15Br2FN2O. The van der Waals surface area contributed by atoms with Gasteiger partial charge in [-0.25, -0.2) is 4.39 Å². The molecule has 0 fully saturated rings. The second kappa shape index (κ2) is 6.74. The maximum atomic E-state index is 14.0. The van der Waals surface area contributed by atoms with Gasteiger partial charge in [-0.3, -0.25) is 0 Å². The molecule has 6 heteroatoms. The van der Waals surface area contributed by atoms with Crippen LogP contribution in [-0.4, -0.2) is 13.1 Å². The Labute approximate surface area is 134 Å². The van der Waals surface area contributed by atoms with Crippen molar-refractivity contribution in [2.24, 2.45) is 5.73 Å². The summed E-state index contributed by atoms with van der Waals surface area (Å²) in [4.78, 5) is 1.90. The molecule has 20 heavy (non-hydrogen) atoms. The van der Waals surface area contributed by atoms with Crippen molar-refractivity contribution >= 4 is 37.5 Å². The molecular weight excluding hydrogens is 391 g/mol. The van der Waals surface area contributed by atoms with E-state index >= 15 is 0 Å². The van der Waals surface area contributed by atoms with Crippen molar-refractivity contribution in [1.82, 2.24) is 0 Å². The van der Waals surface area contributed by atoms with Crippen LogP contribution in [0.5, 0.6) is 0 Å². The molecule has 1 unspecified atom stereocenters. The molecule has 0 aliphatic carbocycles. The Morgan fingerprint density at radius 1 is 1.35 bits per heavy atom. The SMILES string of the molecule is CCN(c1ccccc1F)C(CN)c1cc(Br)c(Br)o1. The van der Waals surface area contributed by atoms with Gasteiger partial charge in [0.15, 0.2) is 4.67 Å². The van der Waals surface area contributed by atoms with Gasteiger partial charge in [-0.2, -0.15) is 0 Å². The van der Waals surface area contributed by atoms with Crippen LogP contribution in [0.2, 0.25) is 0 Å². The summed E-state index contributed by atoms with van der Waals surface area (Å²) in [6, 6.07) is 8.30. The monoisotopic (exact) mass is 404 g/mol. The summed E-state index contributed by atoms with van der Waals surface area (Å²) < 4.78 is 21.1. The summed E-state index contributed by atoms with van der Waals surface area (Å²) in [5.41, 5.74) is 6.40. The average molecular weight is 406 g/mol. The highest BCUT2D eigenvalue weighted by molar-refractivity contribution is 9.13. The first-order valence-electron chi connectivity index (χ1n) is 6.24. The Morgan fingerprint density at radius 3 is 2.55 bits per heavy atom. The maximum Gasteiger partial charge on any atom is 0.183 e. The molecule has 0 saturated heterocycles. The van der Waals surface area contributed by atoms with E-state index in [0.717, 1.165) is 4.47 Å². The number of furan rings is 1. The molecule has 2 N–H and O–H groups in total. The third-order valence-electron chi connectivity index (χ3n) is 3.09. The Kier molecular flexibility index (Phi) is 5.23. The van der Waals surface area contributed by atoms with Gasteiger partial charge in [-0.05, 0) is 57.0 Å². The largest absolute Gasteiger partial charge is 0.451 e. The van der Waals surface area contributed by atoms with Crippen molar-refractivity contribution in [2.75, 3.05) is 18.0 Å². The number of likely N-dealkylation sites (N-methyl/N-ethyl adjacent to an activating group) is 1. The lowest BCUT2D eigenvalue weighted by Crippen LogP contribution is -2.34. The van der Waals surface area contributed by atoms with E-state index in [4.69, 9.17) is 10.2 Å². The first-order chi connectivity index (χ1) is 9.58. The Hall–Kier alpha value is -0.850. The van der Waals surface area contributed by atoms with Crippen LogP contribution >= 0.6 is 31.9 Å². The van der Waals surface area contributed by atoms with Crippen LogP contribution in [0.25, 0.3) is 0 Å². The van der Waals surface area contributed by atoms with Crippen LogP contribution in [0.4, 0.5) is 10.1 Å². The average Bonchev–Trinajstić information content (AvgIpc) is 2.76. The van der Waals surface area contributed by atoms with Crippen LogP contribution < -0.4 is 10.6 Å². The number of hydrogen-bond donors (Lipinski definition) is 1. The third kappa shape index (κ3) is 3.07. The van der Waals surface area contributed by atoms with Crippen LogP contribution in [0, 0.1) is 5.82 Å². The van der Waals surface area contributed by atoms with E-state index in [9.17, 15) is 4.39 Å². The number of nitrogens with two attached hydrogens (primary N) is 1.